The molecule has 15 aromatic rings. The lowest BCUT2D eigenvalue weighted by Crippen LogP contribution is -2.07. The molecule has 8 N–H and O–H groups in total. The Kier molecular flexibility index (Phi) is 19.7. The van der Waals surface area contributed by atoms with Crippen LogP contribution in [0.15, 0.2) is 182 Å². The molecule has 0 atom stereocenters. The topological polar surface area (TPSA) is 425 Å². The molecule has 3 aliphatic carbocycles. The minimum Gasteiger partial charge on any atom is -0.480 e. The summed E-state index contributed by atoms with van der Waals surface area (Å²) in [7, 11) is 3.09. The highest BCUT2D eigenvalue weighted by atomic mass is 19.1. The Hall–Kier alpha value is -15.3. The molecule has 3 saturated carbocycles. The van der Waals surface area contributed by atoms with Crippen molar-refractivity contribution >= 4 is 104 Å². The van der Waals surface area contributed by atoms with E-state index in [1.807, 2.05) is 66.7 Å². The third kappa shape index (κ3) is 17.1. The van der Waals surface area contributed by atoms with E-state index in [-0.39, 0.29) is 5.82 Å². The van der Waals surface area contributed by atoms with Gasteiger partial charge >= 0.3 is 0 Å². The fraction of sp³-hybridized carbons (Fsp3) is 0.157. The second kappa shape index (κ2) is 30.9. The molecule has 35 heteroatoms. The standard InChI is InChI=1S/2C15H13N7.C14H13FN6.2C13H10N6O/c16-9-10-1-3-12(4-2-10)18-15-20-19-14-8-7-13(21-22(14)15)17-11-5-6-11;16-9-10-2-1-3-12(8-10)18-15-20-19-14-7-6-13(21-22(14)15)17-11-4-5-11;15-9-2-1-3-11(8-9)17-14-19-18-13-7-6-12(20-21(13)14)16-10-4-5-10;1-20-12-7-6-11-16-17-13(19(11)18-12)15-10-4-2-9(8-14)3-5-10;1-20-12-6-5-11-16-17-13(19(11)18-12)15-10-4-2-3-9(7-10)8-14/h1-4,7-8,11H,5-6H2,(H,17,21)(H,18,20);1-3,6-8,11H,4-5H2,(H,17,21)(H,18,20);1-3,6-8,10H,4-5H2,(H,16,20)(H,17,19);2*2-7H,1H3,(H,15,17). The Morgan fingerprint density at radius 2 is 0.619 bits per heavy atom. The van der Waals surface area contributed by atoms with Crippen LogP contribution in [-0.4, -0.2) is 131 Å². The second-order valence-corrected chi connectivity index (χ2v) is 23.5. The SMILES string of the molecule is COc1ccc2nnc(Nc3ccc(C#N)cc3)n2n1.COc1ccc2nnc(Nc3cccc(C#N)c3)n2n1.Fc1cccc(Nc2nnc3ccc(NC4CC4)nn23)c1.N#Cc1ccc(Nc2nnc3ccc(NC4CC4)nn23)cc1.N#Cc1cccc(Nc2nnc3ccc(NC4CC4)nn23)c1. The van der Waals surface area contributed by atoms with Crippen LogP contribution in [0.3, 0.4) is 0 Å². The summed E-state index contributed by atoms with van der Waals surface area (Å²) in [5.74, 6) is 5.48. The number of methoxy groups -OCH3 is 2. The van der Waals surface area contributed by atoms with Gasteiger partial charge in [-0.2, -0.15) is 43.6 Å². The van der Waals surface area contributed by atoms with Crippen LogP contribution < -0.4 is 52.0 Å². The molecule has 518 valence electrons. The van der Waals surface area contributed by atoms with Crippen LogP contribution in [0.4, 0.5) is 80.0 Å². The molecule has 3 aliphatic rings. The molecule has 3 fully saturated rings. The number of hydrogen-bond acceptors (Lipinski definition) is 29. The summed E-state index contributed by atoms with van der Waals surface area (Å²) in [5, 5.41) is 123. The summed E-state index contributed by atoms with van der Waals surface area (Å²) in [6.07, 6.45) is 7.12. The van der Waals surface area contributed by atoms with Crippen LogP contribution in [0.25, 0.3) is 28.2 Å². The predicted molar refractivity (Wildman–Crippen MR) is 384 cm³/mol. The fourth-order valence-electron chi connectivity index (χ4n) is 9.86. The first kappa shape index (κ1) is 66.9. The Labute approximate surface area is 594 Å². The van der Waals surface area contributed by atoms with Crippen molar-refractivity contribution in [2.75, 3.05) is 56.8 Å². The fourth-order valence-corrected chi connectivity index (χ4v) is 9.86. The van der Waals surface area contributed by atoms with Crippen molar-refractivity contribution in [3.05, 3.63) is 210 Å². The van der Waals surface area contributed by atoms with Gasteiger partial charge in [0.25, 0.3) is 29.7 Å². The Bertz CT molecular complexity index is 5760. The van der Waals surface area contributed by atoms with Crippen molar-refractivity contribution in [3.8, 4) is 36.0 Å². The first-order valence-corrected chi connectivity index (χ1v) is 32.6. The van der Waals surface area contributed by atoms with E-state index in [2.05, 4.69) is 143 Å². The smallest absolute Gasteiger partial charge is 0.250 e. The molecule has 0 saturated heterocycles. The number of benzene rings is 5. The van der Waals surface area contributed by atoms with Gasteiger partial charge in [-0.05, 0) is 190 Å². The quantitative estimate of drug-likeness (QED) is 0.0395. The van der Waals surface area contributed by atoms with Crippen molar-refractivity contribution in [1.82, 2.24) is 99.1 Å². The Morgan fingerprint density at radius 3 is 0.924 bits per heavy atom. The van der Waals surface area contributed by atoms with Gasteiger partial charge in [-0.3, -0.25) is 0 Å². The van der Waals surface area contributed by atoms with Crippen molar-refractivity contribution in [1.29, 1.82) is 21.0 Å². The molecule has 5 aromatic carbocycles. The van der Waals surface area contributed by atoms with Crippen LogP contribution in [0, 0.1) is 51.1 Å². The highest BCUT2D eigenvalue weighted by Crippen LogP contribution is 2.28. The maximum atomic E-state index is 13.2. The first-order chi connectivity index (χ1) is 51.5. The average molecular weight is 1400 g/mol. The van der Waals surface area contributed by atoms with Gasteiger partial charge in [0, 0.05) is 58.7 Å². The van der Waals surface area contributed by atoms with E-state index in [0.29, 0.717) is 116 Å². The van der Waals surface area contributed by atoms with Gasteiger partial charge in [0.2, 0.25) is 11.8 Å². The zero-order valence-electron chi connectivity index (χ0n) is 55.7. The van der Waals surface area contributed by atoms with Gasteiger partial charge in [-0.15, -0.1) is 76.5 Å². The van der Waals surface area contributed by atoms with Crippen LogP contribution >= 0.6 is 0 Å². The van der Waals surface area contributed by atoms with Crippen LogP contribution in [-0.2, 0) is 0 Å². The number of ether oxygens (including phenoxy) is 2. The second-order valence-electron chi connectivity index (χ2n) is 23.5. The summed E-state index contributed by atoms with van der Waals surface area (Å²) < 4.78 is 31.4. The number of nitrogens with one attached hydrogen (secondary N) is 8. The lowest BCUT2D eigenvalue weighted by Gasteiger charge is -2.06. The lowest BCUT2D eigenvalue weighted by molar-refractivity contribution is 0.390. The monoisotopic (exact) mass is 1400 g/mol. The maximum absolute atomic E-state index is 13.2. The number of anilines is 13. The third-order valence-corrected chi connectivity index (χ3v) is 15.6. The minimum absolute atomic E-state index is 0.308. The largest absolute Gasteiger partial charge is 0.480 e. The molecular formula is C70H59FN32O2. The molecule has 18 rings (SSSR count). The molecule has 0 spiro atoms. The highest BCUT2D eigenvalue weighted by Gasteiger charge is 2.24. The number of nitriles is 4. The average Bonchev–Trinajstić information content (AvgIpc) is 1.83. The number of fused-ring (bicyclic) bond motifs is 5. The molecule has 105 heavy (non-hydrogen) atoms. The summed E-state index contributed by atoms with van der Waals surface area (Å²) in [6.45, 7) is 0. The van der Waals surface area contributed by atoms with Gasteiger partial charge in [0.1, 0.15) is 23.3 Å². The lowest BCUT2D eigenvalue weighted by atomic mass is 10.2. The normalized spacial score (nSPS) is 12.5. The van der Waals surface area contributed by atoms with E-state index in [4.69, 9.17) is 30.5 Å². The number of aromatic nitrogens is 20. The van der Waals surface area contributed by atoms with E-state index >= 15 is 0 Å². The number of nitrogens with zero attached hydrogens (tertiary/aromatic N) is 24. The van der Waals surface area contributed by atoms with Gasteiger partial charge in [0.15, 0.2) is 28.2 Å². The Balaban J connectivity index is 0.000000111. The summed E-state index contributed by atoms with van der Waals surface area (Å²) >= 11 is 0. The van der Waals surface area contributed by atoms with E-state index < -0.39 is 0 Å². The number of rotatable bonds is 18. The molecule has 10 aromatic heterocycles. The third-order valence-electron chi connectivity index (χ3n) is 15.6. The first-order valence-electron chi connectivity index (χ1n) is 32.6. The maximum Gasteiger partial charge on any atom is 0.250 e. The molecule has 0 unspecified atom stereocenters. The van der Waals surface area contributed by atoms with Crippen molar-refractivity contribution in [2.24, 2.45) is 0 Å². The zero-order valence-corrected chi connectivity index (χ0v) is 55.7. The molecular weight excluding hydrogens is 1340 g/mol. The van der Waals surface area contributed by atoms with E-state index in [0.717, 1.165) is 40.2 Å². The molecule has 10 heterocycles. The summed E-state index contributed by atoms with van der Waals surface area (Å²) in [6, 6.07) is 62.8. The van der Waals surface area contributed by atoms with Gasteiger partial charge in [-0.1, -0.05) is 18.2 Å². The van der Waals surface area contributed by atoms with E-state index in [1.165, 1.54) is 55.2 Å². The van der Waals surface area contributed by atoms with Crippen LogP contribution in [0.1, 0.15) is 60.8 Å². The van der Waals surface area contributed by atoms with E-state index in [1.54, 1.807) is 135 Å². The molecule has 34 nitrogen and oxygen atoms in total. The molecule has 0 radical (unpaired) electrons. The van der Waals surface area contributed by atoms with Gasteiger partial charge in [0.05, 0.1) is 60.8 Å². The van der Waals surface area contributed by atoms with Gasteiger partial charge < -0.3 is 52.0 Å². The van der Waals surface area contributed by atoms with E-state index in [9.17, 15) is 4.39 Å². The molecule has 0 aliphatic heterocycles. The number of halogens is 1. The predicted octanol–water partition coefficient (Wildman–Crippen LogP) is 10.7. The highest BCUT2D eigenvalue weighted by molar-refractivity contribution is 5.63. The minimum atomic E-state index is -0.308. The summed E-state index contributed by atoms with van der Waals surface area (Å²) in [4.78, 5) is 0. The van der Waals surface area contributed by atoms with Crippen LogP contribution in [0.5, 0.6) is 11.8 Å². The summed E-state index contributed by atoms with van der Waals surface area (Å²) in [5.41, 5.74) is 9.30. The Morgan fingerprint density at radius 1 is 0.324 bits per heavy atom. The zero-order chi connectivity index (χ0) is 72.0. The number of hydrogen-bond donors (Lipinski definition) is 8. The molecule has 0 amide bonds. The van der Waals surface area contributed by atoms with Crippen molar-refractivity contribution < 1.29 is 13.9 Å². The van der Waals surface area contributed by atoms with Gasteiger partial charge in [-0.25, -0.2) is 4.39 Å². The molecule has 0 bridgehead atoms. The van der Waals surface area contributed by atoms with Crippen molar-refractivity contribution in [3.63, 3.8) is 0 Å². The van der Waals surface area contributed by atoms with Crippen molar-refractivity contribution in [2.45, 2.75) is 56.7 Å². The van der Waals surface area contributed by atoms with Crippen LogP contribution in [0.2, 0.25) is 0 Å².